The van der Waals surface area contributed by atoms with Crippen molar-refractivity contribution in [1.29, 1.82) is 5.26 Å². The van der Waals surface area contributed by atoms with Gasteiger partial charge in [0.15, 0.2) is 0 Å². The predicted octanol–water partition coefficient (Wildman–Crippen LogP) is 2.88. The zero-order valence-electron chi connectivity index (χ0n) is 12.4. The standard InChI is InChI=1S/C15H13N3O4S/c1-10-6-14(18(19)20)8-15(11(10)2)23(21,22)17-13-5-3-4-12(7-13)9-16/h3-8,17H,1-2H3. The van der Waals surface area contributed by atoms with Crippen LogP contribution in [0.15, 0.2) is 41.3 Å². The van der Waals surface area contributed by atoms with E-state index in [0.717, 1.165) is 6.07 Å². The van der Waals surface area contributed by atoms with E-state index in [1.165, 1.54) is 18.2 Å². The molecule has 8 heteroatoms. The summed E-state index contributed by atoms with van der Waals surface area (Å²) in [6.45, 7) is 3.19. The molecule has 0 radical (unpaired) electrons. The summed E-state index contributed by atoms with van der Waals surface area (Å²) in [6, 6.07) is 10.2. The Morgan fingerprint density at radius 2 is 1.91 bits per heavy atom. The molecule has 0 spiro atoms. The maximum atomic E-state index is 12.5. The van der Waals surface area contributed by atoms with Crippen molar-refractivity contribution in [3.05, 3.63) is 63.2 Å². The largest absolute Gasteiger partial charge is 0.280 e. The fourth-order valence-electron chi connectivity index (χ4n) is 2.06. The van der Waals surface area contributed by atoms with Crippen LogP contribution in [-0.2, 0) is 10.0 Å². The van der Waals surface area contributed by atoms with Gasteiger partial charge in [0.25, 0.3) is 15.7 Å². The zero-order valence-corrected chi connectivity index (χ0v) is 13.2. The first-order chi connectivity index (χ1) is 10.7. The molecule has 2 rings (SSSR count). The van der Waals surface area contributed by atoms with Crippen LogP contribution in [0.3, 0.4) is 0 Å². The van der Waals surface area contributed by atoms with E-state index in [1.54, 1.807) is 26.0 Å². The molecule has 0 amide bonds. The van der Waals surface area contributed by atoms with Gasteiger partial charge in [0.1, 0.15) is 0 Å². The number of nitrogens with one attached hydrogen (secondary N) is 1. The number of nitro benzene ring substituents is 1. The molecule has 0 aliphatic carbocycles. The Hall–Kier alpha value is -2.92. The summed E-state index contributed by atoms with van der Waals surface area (Å²) in [6.07, 6.45) is 0. The number of hydrogen-bond donors (Lipinski definition) is 1. The molecule has 0 aliphatic heterocycles. The van der Waals surface area contributed by atoms with Crippen LogP contribution in [-0.4, -0.2) is 13.3 Å². The molecule has 118 valence electrons. The number of sulfonamides is 1. The van der Waals surface area contributed by atoms with Crippen molar-refractivity contribution in [2.45, 2.75) is 18.7 Å². The smallest absolute Gasteiger partial charge is 0.271 e. The number of anilines is 1. The van der Waals surface area contributed by atoms with Gasteiger partial charge in [-0.05, 0) is 43.2 Å². The Morgan fingerprint density at radius 3 is 2.52 bits per heavy atom. The van der Waals surface area contributed by atoms with E-state index in [1.807, 2.05) is 6.07 Å². The lowest BCUT2D eigenvalue weighted by atomic mass is 10.1. The molecule has 0 heterocycles. The van der Waals surface area contributed by atoms with Gasteiger partial charge in [-0.1, -0.05) is 6.07 Å². The Bertz CT molecular complexity index is 930. The minimum Gasteiger partial charge on any atom is -0.280 e. The molecule has 2 aromatic carbocycles. The number of nitriles is 1. The lowest BCUT2D eigenvalue weighted by Gasteiger charge is -2.12. The van der Waals surface area contributed by atoms with Crippen LogP contribution in [0.25, 0.3) is 0 Å². The zero-order chi connectivity index (χ0) is 17.2. The Labute approximate surface area is 133 Å². The average Bonchev–Trinajstić information content (AvgIpc) is 2.49. The van der Waals surface area contributed by atoms with Gasteiger partial charge in [0.05, 0.1) is 27.1 Å². The highest BCUT2D eigenvalue weighted by atomic mass is 32.2. The molecule has 2 aromatic rings. The van der Waals surface area contributed by atoms with Crippen LogP contribution < -0.4 is 4.72 Å². The molecule has 1 N–H and O–H groups in total. The van der Waals surface area contributed by atoms with Crippen LogP contribution in [0.1, 0.15) is 16.7 Å². The van der Waals surface area contributed by atoms with Gasteiger partial charge in [-0.2, -0.15) is 5.26 Å². The second-order valence-corrected chi connectivity index (χ2v) is 6.59. The number of rotatable bonds is 4. The van der Waals surface area contributed by atoms with Crippen molar-refractivity contribution in [3.63, 3.8) is 0 Å². The molecule has 7 nitrogen and oxygen atoms in total. The minimum atomic E-state index is -4.01. The molecule has 0 saturated heterocycles. The summed E-state index contributed by atoms with van der Waals surface area (Å²) in [5.41, 5.74) is 1.16. The molecule has 0 fully saturated rings. The fraction of sp³-hybridized carbons (Fsp3) is 0.133. The highest BCUT2D eigenvalue weighted by Crippen LogP contribution is 2.27. The molecule has 0 atom stereocenters. The number of non-ortho nitro benzene ring substituents is 1. The molecule has 0 aromatic heterocycles. The van der Waals surface area contributed by atoms with Gasteiger partial charge in [0.2, 0.25) is 0 Å². The van der Waals surface area contributed by atoms with Gasteiger partial charge >= 0.3 is 0 Å². The van der Waals surface area contributed by atoms with E-state index < -0.39 is 14.9 Å². The van der Waals surface area contributed by atoms with E-state index in [2.05, 4.69) is 4.72 Å². The SMILES string of the molecule is Cc1cc([N+](=O)[O-])cc(S(=O)(=O)Nc2cccc(C#N)c2)c1C. The average molecular weight is 331 g/mol. The van der Waals surface area contributed by atoms with Crippen LogP contribution in [0, 0.1) is 35.3 Å². The number of benzene rings is 2. The first-order valence-corrected chi connectivity index (χ1v) is 8.01. The van der Waals surface area contributed by atoms with Crippen molar-refractivity contribution < 1.29 is 13.3 Å². The summed E-state index contributed by atoms with van der Waals surface area (Å²) < 4.78 is 27.4. The normalized spacial score (nSPS) is 10.8. The molecular formula is C15H13N3O4S. The highest BCUT2D eigenvalue weighted by Gasteiger charge is 2.22. The van der Waals surface area contributed by atoms with Crippen molar-refractivity contribution in [2.24, 2.45) is 0 Å². The Balaban J connectivity index is 2.51. The quantitative estimate of drug-likeness (QED) is 0.683. The third kappa shape index (κ3) is 3.46. The summed E-state index contributed by atoms with van der Waals surface area (Å²) >= 11 is 0. The first-order valence-electron chi connectivity index (χ1n) is 6.53. The number of aryl methyl sites for hydroxylation is 1. The van der Waals surface area contributed by atoms with Crippen LogP contribution >= 0.6 is 0 Å². The van der Waals surface area contributed by atoms with Crippen molar-refractivity contribution in [1.82, 2.24) is 0 Å². The molecular weight excluding hydrogens is 318 g/mol. The van der Waals surface area contributed by atoms with Gasteiger partial charge in [-0.15, -0.1) is 0 Å². The number of hydrogen-bond acceptors (Lipinski definition) is 5. The van der Waals surface area contributed by atoms with Gasteiger partial charge in [-0.3, -0.25) is 14.8 Å². The topological polar surface area (TPSA) is 113 Å². The summed E-state index contributed by atoms with van der Waals surface area (Å²) in [7, 11) is -4.01. The van der Waals surface area contributed by atoms with Crippen LogP contribution in [0.5, 0.6) is 0 Å². The molecule has 0 saturated carbocycles. The fourth-order valence-corrected chi connectivity index (χ4v) is 3.44. The first kappa shape index (κ1) is 16.5. The molecule has 0 bridgehead atoms. The van der Waals surface area contributed by atoms with Gasteiger partial charge in [-0.25, -0.2) is 8.42 Å². The number of nitro groups is 1. The van der Waals surface area contributed by atoms with Crippen molar-refractivity contribution in [2.75, 3.05) is 4.72 Å². The van der Waals surface area contributed by atoms with Crippen molar-refractivity contribution in [3.8, 4) is 6.07 Å². The highest BCUT2D eigenvalue weighted by molar-refractivity contribution is 7.92. The molecule has 0 unspecified atom stereocenters. The predicted molar refractivity (Wildman–Crippen MR) is 84.5 cm³/mol. The Kier molecular flexibility index (Phi) is 4.33. The lowest BCUT2D eigenvalue weighted by molar-refractivity contribution is -0.385. The van der Waals surface area contributed by atoms with Gasteiger partial charge in [0, 0.05) is 12.1 Å². The van der Waals surface area contributed by atoms with Gasteiger partial charge < -0.3 is 0 Å². The summed E-state index contributed by atoms with van der Waals surface area (Å²) in [5, 5.41) is 19.8. The van der Waals surface area contributed by atoms with E-state index in [0.29, 0.717) is 16.7 Å². The minimum absolute atomic E-state index is 0.161. The summed E-state index contributed by atoms with van der Waals surface area (Å²) in [5.74, 6) is 0. The lowest BCUT2D eigenvalue weighted by Crippen LogP contribution is -2.15. The molecule has 0 aliphatic rings. The number of nitrogens with zero attached hydrogens (tertiary/aromatic N) is 2. The van der Waals surface area contributed by atoms with Crippen LogP contribution in [0.4, 0.5) is 11.4 Å². The second-order valence-electron chi connectivity index (χ2n) is 4.94. The van der Waals surface area contributed by atoms with E-state index in [9.17, 15) is 18.5 Å². The molecule has 23 heavy (non-hydrogen) atoms. The third-order valence-electron chi connectivity index (χ3n) is 3.35. The second kappa shape index (κ2) is 6.06. The Morgan fingerprint density at radius 1 is 1.22 bits per heavy atom. The van der Waals surface area contributed by atoms with E-state index >= 15 is 0 Å². The maximum Gasteiger partial charge on any atom is 0.271 e. The van der Waals surface area contributed by atoms with E-state index in [-0.39, 0.29) is 16.3 Å². The third-order valence-corrected chi connectivity index (χ3v) is 4.86. The maximum absolute atomic E-state index is 12.5. The van der Waals surface area contributed by atoms with E-state index in [4.69, 9.17) is 5.26 Å². The summed E-state index contributed by atoms with van der Waals surface area (Å²) in [4.78, 5) is 10.1. The van der Waals surface area contributed by atoms with Crippen LogP contribution in [0.2, 0.25) is 0 Å². The van der Waals surface area contributed by atoms with Crippen molar-refractivity contribution >= 4 is 21.4 Å². The monoisotopic (exact) mass is 331 g/mol.